The fraction of sp³-hybridized carbons (Fsp3) is 0.750. The first-order chi connectivity index (χ1) is 9.05. The highest BCUT2D eigenvalue weighted by molar-refractivity contribution is 7.15. The van der Waals surface area contributed by atoms with Gasteiger partial charge in [-0.1, -0.05) is 32.1 Å². The van der Waals surface area contributed by atoms with Crippen molar-refractivity contribution in [2.24, 2.45) is 5.92 Å². The highest BCUT2D eigenvalue weighted by atomic mass is 32.1. The van der Waals surface area contributed by atoms with Crippen molar-refractivity contribution in [3.8, 4) is 0 Å². The monoisotopic (exact) mass is 286 g/mol. The molecule has 0 bridgehead atoms. The molecule has 0 aliphatic rings. The van der Waals surface area contributed by atoms with E-state index < -0.39 is 0 Å². The molecule has 1 aromatic heterocycles. The zero-order valence-electron chi connectivity index (χ0n) is 11.6. The molecule has 1 unspecified atom stereocenters. The molecular weight excluding hydrogens is 264 g/mol. The average Bonchev–Trinajstić information content (AvgIpc) is 2.74. The van der Waals surface area contributed by atoms with Gasteiger partial charge >= 0.3 is 6.03 Å². The Balaban J connectivity index is 2.45. The standard InChI is InChI=1S/C12H22N4O2S/c1-4-9(5-6-17)13-11(18)14-12-16-15-10(19-12)7-8(2)3/h8-9,17H,4-7H2,1-3H3,(H2,13,14,16,18). The Morgan fingerprint density at radius 3 is 2.74 bits per heavy atom. The number of aliphatic hydroxyl groups is 1. The maximum absolute atomic E-state index is 11.7. The molecule has 1 aromatic rings. The Labute approximate surface area is 117 Å². The van der Waals surface area contributed by atoms with Gasteiger partial charge in [0, 0.05) is 19.1 Å². The van der Waals surface area contributed by atoms with E-state index in [0.717, 1.165) is 17.8 Å². The van der Waals surface area contributed by atoms with Crippen LogP contribution in [0.25, 0.3) is 0 Å². The lowest BCUT2D eigenvalue weighted by Gasteiger charge is -2.15. The largest absolute Gasteiger partial charge is 0.396 e. The van der Waals surface area contributed by atoms with E-state index in [1.807, 2.05) is 6.92 Å². The van der Waals surface area contributed by atoms with Crippen molar-refractivity contribution in [3.63, 3.8) is 0 Å². The lowest BCUT2D eigenvalue weighted by molar-refractivity contribution is 0.237. The average molecular weight is 286 g/mol. The summed E-state index contributed by atoms with van der Waals surface area (Å²) >= 11 is 1.39. The Morgan fingerprint density at radius 2 is 2.16 bits per heavy atom. The molecule has 0 radical (unpaired) electrons. The van der Waals surface area contributed by atoms with Crippen LogP contribution in [-0.2, 0) is 6.42 Å². The highest BCUT2D eigenvalue weighted by Crippen LogP contribution is 2.18. The van der Waals surface area contributed by atoms with Gasteiger partial charge in [-0.15, -0.1) is 10.2 Å². The van der Waals surface area contributed by atoms with Gasteiger partial charge in [-0.2, -0.15) is 0 Å². The fourth-order valence-electron chi connectivity index (χ4n) is 1.59. The number of aromatic nitrogens is 2. The summed E-state index contributed by atoms with van der Waals surface area (Å²) in [6.07, 6.45) is 2.20. The predicted molar refractivity (Wildman–Crippen MR) is 76.4 cm³/mol. The Bertz CT molecular complexity index is 395. The molecule has 108 valence electrons. The Kier molecular flexibility index (Phi) is 6.72. The van der Waals surface area contributed by atoms with Crippen LogP contribution in [0, 0.1) is 5.92 Å². The molecule has 0 aliphatic heterocycles. The first-order valence-electron chi connectivity index (χ1n) is 6.55. The quantitative estimate of drug-likeness (QED) is 0.715. The zero-order valence-corrected chi connectivity index (χ0v) is 12.5. The summed E-state index contributed by atoms with van der Waals surface area (Å²) < 4.78 is 0. The van der Waals surface area contributed by atoms with Crippen molar-refractivity contribution >= 4 is 22.5 Å². The summed E-state index contributed by atoms with van der Waals surface area (Å²) in [6, 6.07) is -0.319. The van der Waals surface area contributed by atoms with Crippen molar-refractivity contribution in [3.05, 3.63) is 5.01 Å². The minimum atomic E-state index is -0.299. The molecule has 3 N–H and O–H groups in total. The van der Waals surface area contributed by atoms with E-state index in [2.05, 4.69) is 34.7 Å². The molecule has 19 heavy (non-hydrogen) atoms. The lowest BCUT2D eigenvalue weighted by Crippen LogP contribution is -2.38. The number of carbonyl (C=O) groups excluding carboxylic acids is 1. The van der Waals surface area contributed by atoms with Crippen molar-refractivity contribution in [2.75, 3.05) is 11.9 Å². The van der Waals surface area contributed by atoms with Gasteiger partial charge in [-0.05, 0) is 18.8 Å². The molecule has 6 nitrogen and oxygen atoms in total. The van der Waals surface area contributed by atoms with Gasteiger partial charge in [0.25, 0.3) is 0 Å². The number of aliphatic hydroxyl groups excluding tert-OH is 1. The third-order valence-corrected chi connectivity index (χ3v) is 3.44. The van der Waals surface area contributed by atoms with Gasteiger partial charge in [-0.25, -0.2) is 4.79 Å². The molecule has 7 heteroatoms. The lowest BCUT2D eigenvalue weighted by atomic mass is 10.1. The Hall–Kier alpha value is -1.21. The van der Waals surface area contributed by atoms with Gasteiger partial charge < -0.3 is 10.4 Å². The molecule has 0 aliphatic carbocycles. The van der Waals surface area contributed by atoms with Gasteiger partial charge in [0.2, 0.25) is 5.13 Å². The smallest absolute Gasteiger partial charge is 0.321 e. The number of carbonyl (C=O) groups is 1. The maximum Gasteiger partial charge on any atom is 0.321 e. The molecule has 1 heterocycles. The molecule has 0 fully saturated rings. The van der Waals surface area contributed by atoms with Crippen molar-refractivity contribution in [1.82, 2.24) is 15.5 Å². The van der Waals surface area contributed by atoms with Crippen LogP contribution in [0.2, 0.25) is 0 Å². The van der Waals surface area contributed by atoms with Crippen LogP contribution in [-0.4, -0.2) is 34.0 Å². The second kappa shape index (κ2) is 8.06. The maximum atomic E-state index is 11.7. The van der Waals surface area contributed by atoms with Crippen LogP contribution in [0.5, 0.6) is 0 Å². The van der Waals surface area contributed by atoms with Crippen LogP contribution in [0.15, 0.2) is 0 Å². The molecule has 0 spiro atoms. The first-order valence-corrected chi connectivity index (χ1v) is 7.37. The van der Waals surface area contributed by atoms with E-state index in [9.17, 15) is 4.79 Å². The SMILES string of the molecule is CCC(CCO)NC(=O)Nc1nnc(CC(C)C)s1. The van der Waals surface area contributed by atoms with Crippen LogP contribution in [0.3, 0.4) is 0 Å². The van der Waals surface area contributed by atoms with Crippen molar-refractivity contribution in [2.45, 2.75) is 46.1 Å². The van der Waals surface area contributed by atoms with Crippen LogP contribution in [0.1, 0.15) is 38.6 Å². The van der Waals surface area contributed by atoms with Gasteiger partial charge in [-0.3, -0.25) is 5.32 Å². The van der Waals surface area contributed by atoms with E-state index in [1.165, 1.54) is 11.3 Å². The number of rotatable bonds is 7. The fourth-order valence-corrected chi connectivity index (χ4v) is 2.54. The van der Waals surface area contributed by atoms with Crippen LogP contribution in [0.4, 0.5) is 9.93 Å². The summed E-state index contributed by atoms with van der Waals surface area (Å²) in [5.74, 6) is 0.517. The van der Waals surface area contributed by atoms with Gasteiger partial charge in [0.05, 0.1) is 0 Å². The van der Waals surface area contributed by atoms with E-state index in [-0.39, 0.29) is 18.7 Å². The van der Waals surface area contributed by atoms with Crippen molar-refractivity contribution in [1.29, 1.82) is 0 Å². The van der Waals surface area contributed by atoms with Gasteiger partial charge in [0.1, 0.15) is 5.01 Å². The topological polar surface area (TPSA) is 87.1 Å². The molecule has 0 saturated heterocycles. The van der Waals surface area contributed by atoms with Gasteiger partial charge in [0.15, 0.2) is 0 Å². The molecule has 2 amide bonds. The van der Waals surface area contributed by atoms with E-state index in [4.69, 9.17) is 5.11 Å². The summed E-state index contributed by atoms with van der Waals surface area (Å²) in [7, 11) is 0. The van der Waals surface area contributed by atoms with Crippen molar-refractivity contribution < 1.29 is 9.90 Å². The summed E-state index contributed by atoms with van der Waals surface area (Å²) in [5, 5.41) is 23.7. The molecule has 0 saturated carbocycles. The second-order valence-corrected chi connectivity index (χ2v) is 5.88. The Morgan fingerprint density at radius 1 is 1.42 bits per heavy atom. The highest BCUT2D eigenvalue weighted by Gasteiger charge is 2.12. The third kappa shape index (κ3) is 5.98. The summed E-state index contributed by atoms with van der Waals surface area (Å²) in [5.41, 5.74) is 0. The molecule has 1 atom stereocenters. The normalized spacial score (nSPS) is 12.5. The summed E-state index contributed by atoms with van der Waals surface area (Å²) in [6.45, 7) is 6.26. The van der Waals surface area contributed by atoms with Crippen LogP contribution < -0.4 is 10.6 Å². The van der Waals surface area contributed by atoms with E-state index >= 15 is 0 Å². The van der Waals surface area contributed by atoms with E-state index in [0.29, 0.717) is 17.5 Å². The number of nitrogens with one attached hydrogen (secondary N) is 2. The van der Waals surface area contributed by atoms with E-state index in [1.54, 1.807) is 0 Å². The number of amides is 2. The predicted octanol–water partition coefficient (Wildman–Crippen LogP) is 2.02. The first kappa shape index (κ1) is 15.8. The minimum absolute atomic E-state index is 0.0203. The molecule has 0 aromatic carbocycles. The minimum Gasteiger partial charge on any atom is -0.396 e. The molecular formula is C12H22N4O2S. The second-order valence-electron chi connectivity index (χ2n) is 4.81. The third-order valence-electron chi connectivity index (χ3n) is 2.58. The number of hydrogen-bond donors (Lipinski definition) is 3. The summed E-state index contributed by atoms with van der Waals surface area (Å²) in [4.78, 5) is 11.7. The number of anilines is 1. The zero-order chi connectivity index (χ0) is 14.3. The number of urea groups is 1. The number of nitrogens with zero attached hydrogens (tertiary/aromatic N) is 2. The van der Waals surface area contributed by atoms with Crippen LogP contribution >= 0.6 is 11.3 Å². The number of hydrogen-bond acceptors (Lipinski definition) is 5. The molecule has 1 rings (SSSR count).